The van der Waals surface area contributed by atoms with Gasteiger partial charge in [-0.2, -0.15) is 5.10 Å². The van der Waals surface area contributed by atoms with Crippen LogP contribution in [0, 0.1) is 0 Å². The topological polar surface area (TPSA) is 124 Å². The summed E-state index contributed by atoms with van der Waals surface area (Å²) < 4.78 is 7.29. The van der Waals surface area contributed by atoms with Crippen molar-refractivity contribution in [2.45, 2.75) is 13.3 Å². The van der Waals surface area contributed by atoms with Gasteiger partial charge in [-0.25, -0.2) is 15.0 Å². The van der Waals surface area contributed by atoms with Gasteiger partial charge >= 0.3 is 0 Å². The van der Waals surface area contributed by atoms with Gasteiger partial charge in [0.15, 0.2) is 17.4 Å². The van der Waals surface area contributed by atoms with Crippen LogP contribution < -0.4 is 15.4 Å². The van der Waals surface area contributed by atoms with E-state index in [1.807, 2.05) is 18.2 Å². The zero-order valence-corrected chi connectivity index (χ0v) is 18.9. The number of ketones is 1. The molecule has 3 aromatic heterocycles. The molecule has 0 saturated heterocycles. The van der Waals surface area contributed by atoms with Gasteiger partial charge in [0.2, 0.25) is 0 Å². The molecule has 0 atom stereocenters. The van der Waals surface area contributed by atoms with Gasteiger partial charge in [0.25, 0.3) is 0 Å². The number of Topliss-reactive ketones (excluding diaryl/α,β-unsaturated/α-hetero) is 1. The number of aromatic nitrogens is 5. The van der Waals surface area contributed by atoms with Crippen LogP contribution in [0.4, 0.5) is 23.0 Å². The van der Waals surface area contributed by atoms with E-state index < -0.39 is 0 Å². The Hall–Kier alpha value is -4.60. The minimum Gasteiger partial charge on any atom is -0.494 e. The van der Waals surface area contributed by atoms with E-state index in [1.54, 1.807) is 50.3 Å². The van der Waals surface area contributed by atoms with Crippen molar-refractivity contribution in [1.29, 1.82) is 0 Å². The Morgan fingerprint density at radius 2 is 1.91 bits per heavy atom. The Morgan fingerprint density at radius 3 is 2.62 bits per heavy atom. The molecule has 0 radical (unpaired) electrons. The molecule has 34 heavy (non-hydrogen) atoms. The number of hydrogen-bond donors (Lipinski definition) is 2. The van der Waals surface area contributed by atoms with Crippen LogP contribution >= 0.6 is 0 Å². The normalized spacial score (nSPS) is 10.6. The van der Waals surface area contributed by atoms with Crippen molar-refractivity contribution in [2.24, 2.45) is 7.05 Å². The van der Waals surface area contributed by atoms with Crippen molar-refractivity contribution in [3.8, 4) is 17.1 Å². The number of aldehydes is 1. The van der Waals surface area contributed by atoms with Crippen molar-refractivity contribution >= 4 is 35.1 Å². The summed E-state index contributed by atoms with van der Waals surface area (Å²) in [6.07, 6.45) is 5.72. The van der Waals surface area contributed by atoms with Gasteiger partial charge in [0, 0.05) is 37.5 Å². The molecular formula is C24H23N7O3. The lowest BCUT2D eigenvalue weighted by molar-refractivity contribution is 0.0988. The molecule has 10 heteroatoms. The first-order valence-electron chi connectivity index (χ1n) is 10.5. The highest BCUT2D eigenvalue weighted by Crippen LogP contribution is 2.37. The fourth-order valence-corrected chi connectivity index (χ4v) is 3.40. The van der Waals surface area contributed by atoms with Gasteiger partial charge in [-0.1, -0.05) is 13.0 Å². The molecule has 172 valence electrons. The standard InChI is InChI=1S/C24H23N7O3/c1-4-20(33)17-12-26-22(29-21-10-15(13-32)8-9-25-21)11-19(17)28-18-7-5-6-16(23(18)34-3)24-27-14-31(2)30-24/h5-14H,4H2,1-3H3,(H2,25,26,28,29). The molecule has 0 fully saturated rings. The predicted octanol–water partition coefficient (Wildman–Crippen LogP) is 4.17. The third kappa shape index (κ3) is 4.75. The predicted molar refractivity (Wildman–Crippen MR) is 128 cm³/mol. The second-order valence-electron chi connectivity index (χ2n) is 7.36. The van der Waals surface area contributed by atoms with Crippen LogP contribution in [0.5, 0.6) is 5.75 Å². The van der Waals surface area contributed by atoms with Crippen molar-refractivity contribution in [3.05, 3.63) is 66.2 Å². The zero-order chi connectivity index (χ0) is 24.1. The molecule has 0 saturated carbocycles. The molecule has 4 aromatic rings. The lowest BCUT2D eigenvalue weighted by Gasteiger charge is -2.17. The first-order chi connectivity index (χ1) is 16.5. The maximum absolute atomic E-state index is 12.6. The number of benzene rings is 1. The highest BCUT2D eigenvalue weighted by atomic mass is 16.5. The smallest absolute Gasteiger partial charge is 0.184 e. The summed E-state index contributed by atoms with van der Waals surface area (Å²) in [6.45, 7) is 1.79. The van der Waals surface area contributed by atoms with E-state index in [2.05, 4.69) is 30.7 Å². The summed E-state index contributed by atoms with van der Waals surface area (Å²) in [5.74, 6) is 1.90. The van der Waals surface area contributed by atoms with Crippen molar-refractivity contribution in [2.75, 3.05) is 17.7 Å². The van der Waals surface area contributed by atoms with E-state index in [1.165, 1.54) is 12.4 Å². The summed E-state index contributed by atoms with van der Waals surface area (Å²) >= 11 is 0. The van der Waals surface area contributed by atoms with Gasteiger partial charge in [-0.3, -0.25) is 14.3 Å². The van der Waals surface area contributed by atoms with E-state index in [0.717, 1.165) is 6.29 Å². The average molecular weight is 457 g/mol. The van der Waals surface area contributed by atoms with E-state index in [-0.39, 0.29) is 5.78 Å². The molecule has 2 N–H and O–H groups in total. The number of nitrogens with zero attached hydrogens (tertiary/aromatic N) is 5. The van der Waals surface area contributed by atoms with Crippen LogP contribution in [0.1, 0.15) is 34.1 Å². The number of hydrogen-bond acceptors (Lipinski definition) is 9. The summed E-state index contributed by atoms with van der Waals surface area (Å²) in [5.41, 5.74) is 2.80. The van der Waals surface area contributed by atoms with E-state index in [9.17, 15) is 9.59 Å². The fourth-order valence-electron chi connectivity index (χ4n) is 3.40. The van der Waals surface area contributed by atoms with Crippen LogP contribution in [-0.2, 0) is 7.05 Å². The molecule has 0 aliphatic carbocycles. The number of pyridine rings is 2. The Labute approximate surface area is 196 Å². The van der Waals surface area contributed by atoms with Crippen LogP contribution in [0.25, 0.3) is 11.4 Å². The summed E-state index contributed by atoms with van der Waals surface area (Å²) in [6, 6.07) is 10.5. The SMILES string of the molecule is CCC(=O)c1cnc(Nc2cc(C=O)ccn2)cc1Nc1cccc(-c2ncn(C)n2)c1OC. The van der Waals surface area contributed by atoms with Crippen molar-refractivity contribution in [1.82, 2.24) is 24.7 Å². The van der Waals surface area contributed by atoms with Gasteiger partial charge < -0.3 is 15.4 Å². The van der Waals surface area contributed by atoms with E-state index >= 15 is 0 Å². The van der Waals surface area contributed by atoms with E-state index in [4.69, 9.17) is 4.74 Å². The number of anilines is 4. The quantitative estimate of drug-likeness (QED) is 0.281. The van der Waals surface area contributed by atoms with Crippen molar-refractivity contribution < 1.29 is 14.3 Å². The number of aryl methyl sites for hydroxylation is 1. The molecule has 10 nitrogen and oxygen atoms in total. The molecule has 0 aliphatic heterocycles. The number of ether oxygens (including phenoxy) is 1. The summed E-state index contributed by atoms with van der Waals surface area (Å²) in [5, 5.41) is 10.7. The molecule has 3 heterocycles. The number of methoxy groups -OCH3 is 1. The maximum atomic E-state index is 12.6. The van der Waals surface area contributed by atoms with Gasteiger partial charge in [-0.05, 0) is 24.3 Å². The second-order valence-corrected chi connectivity index (χ2v) is 7.36. The lowest BCUT2D eigenvalue weighted by Crippen LogP contribution is -2.07. The van der Waals surface area contributed by atoms with Gasteiger partial charge in [-0.15, -0.1) is 0 Å². The van der Waals surface area contributed by atoms with Crippen LogP contribution in [-0.4, -0.2) is 43.9 Å². The Morgan fingerprint density at radius 1 is 1.09 bits per heavy atom. The molecular weight excluding hydrogens is 434 g/mol. The summed E-state index contributed by atoms with van der Waals surface area (Å²) in [4.78, 5) is 36.6. The number of para-hydroxylation sites is 1. The minimum absolute atomic E-state index is 0.0656. The average Bonchev–Trinajstić information content (AvgIpc) is 3.29. The highest BCUT2D eigenvalue weighted by molar-refractivity contribution is 6.02. The number of rotatable bonds is 9. The monoisotopic (exact) mass is 457 g/mol. The summed E-state index contributed by atoms with van der Waals surface area (Å²) in [7, 11) is 3.36. The highest BCUT2D eigenvalue weighted by Gasteiger charge is 2.18. The number of nitrogens with one attached hydrogen (secondary N) is 2. The fraction of sp³-hybridized carbons (Fsp3) is 0.167. The zero-order valence-electron chi connectivity index (χ0n) is 18.9. The first-order valence-corrected chi connectivity index (χ1v) is 10.5. The molecule has 4 rings (SSSR count). The van der Waals surface area contributed by atoms with Gasteiger partial charge in [0.05, 0.1) is 29.6 Å². The van der Waals surface area contributed by atoms with Gasteiger partial charge in [0.1, 0.15) is 24.2 Å². The molecule has 0 amide bonds. The number of carbonyl (C=O) groups excluding carboxylic acids is 2. The van der Waals surface area contributed by atoms with Crippen LogP contribution in [0.15, 0.2) is 55.1 Å². The largest absolute Gasteiger partial charge is 0.494 e. The van der Waals surface area contributed by atoms with E-state index in [0.29, 0.717) is 57.7 Å². The maximum Gasteiger partial charge on any atom is 0.184 e. The minimum atomic E-state index is -0.0656. The Bertz CT molecular complexity index is 1350. The molecule has 0 bridgehead atoms. The third-order valence-electron chi connectivity index (χ3n) is 5.03. The molecule has 1 aromatic carbocycles. The van der Waals surface area contributed by atoms with Crippen molar-refractivity contribution in [3.63, 3.8) is 0 Å². The van der Waals surface area contributed by atoms with Crippen LogP contribution in [0.3, 0.4) is 0 Å². The first kappa shape index (κ1) is 22.6. The third-order valence-corrected chi connectivity index (χ3v) is 5.03. The number of carbonyl (C=O) groups is 2. The van der Waals surface area contributed by atoms with Crippen LogP contribution in [0.2, 0.25) is 0 Å². The molecule has 0 unspecified atom stereocenters. The Kier molecular flexibility index (Phi) is 6.58. The molecule has 0 aliphatic rings. The molecule has 0 spiro atoms. The Balaban J connectivity index is 1.73. The lowest BCUT2D eigenvalue weighted by atomic mass is 10.1. The second kappa shape index (κ2) is 9.90.